The molecule has 2 aromatic carbocycles. The van der Waals surface area contributed by atoms with Gasteiger partial charge in [-0.2, -0.15) is 0 Å². The van der Waals surface area contributed by atoms with E-state index < -0.39 is 17.3 Å². The van der Waals surface area contributed by atoms with Crippen LogP contribution >= 0.6 is 0 Å². The summed E-state index contributed by atoms with van der Waals surface area (Å²) in [6.45, 7) is 0. The van der Waals surface area contributed by atoms with Crippen LogP contribution in [0.4, 0.5) is 10.1 Å². The predicted molar refractivity (Wildman–Crippen MR) is 76.3 cm³/mol. The Morgan fingerprint density at radius 3 is 2.71 bits per heavy atom. The van der Waals surface area contributed by atoms with Crippen molar-refractivity contribution in [3.05, 3.63) is 52.8 Å². The maximum atomic E-state index is 13.7. The lowest BCUT2D eigenvalue weighted by Crippen LogP contribution is -2.03. The van der Waals surface area contributed by atoms with Gasteiger partial charge in [0.25, 0.3) is 0 Å². The summed E-state index contributed by atoms with van der Waals surface area (Å²) in [5, 5.41) is 8.84. The van der Waals surface area contributed by atoms with Crippen LogP contribution in [0.3, 0.4) is 0 Å². The third-order valence-electron chi connectivity index (χ3n) is 3.63. The van der Waals surface area contributed by atoms with Crippen molar-refractivity contribution in [2.75, 3.05) is 5.73 Å². The second-order valence-corrected chi connectivity index (χ2v) is 5.06. The lowest BCUT2D eigenvalue weighted by atomic mass is 10.1. The summed E-state index contributed by atoms with van der Waals surface area (Å²) in [6, 6.07) is 7.81. The first-order chi connectivity index (χ1) is 10.0. The van der Waals surface area contributed by atoms with Crippen LogP contribution in [0, 0.1) is 5.82 Å². The zero-order chi connectivity index (χ0) is 15.0. The fourth-order valence-electron chi connectivity index (χ4n) is 2.56. The first-order valence-corrected chi connectivity index (χ1v) is 6.66. The highest BCUT2D eigenvalue weighted by Crippen LogP contribution is 2.32. The van der Waals surface area contributed by atoms with Crippen LogP contribution in [0.2, 0.25) is 0 Å². The average Bonchev–Trinajstić information content (AvgIpc) is 2.89. The van der Waals surface area contributed by atoms with Crippen molar-refractivity contribution in [1.29, 1.82) is 0 Å². The molecule has 0 unspecified atom stereocenters. The number of ether oxygens (including phenoxy) is 1. The summed E-state index contributed by atoms with van der Waals surface area (Å²) in [5.41, 5.74) is 7.90. The summed E-state index contributed by atoms with van der Waals surface area (Å²) in [5.74, 6) is -1.53. The number of hydrogen-bond donors (Lipinski definition) is 2. The molecule has 0 aliphatic heterocycles. The van der Waals surface area contributed by atoms with E-state index in [9.17, 15) is 9.18 Å². The normalized spacial score (nSPS) is 13.0. The number of benzene rings is 2. The maximum absolute atomic E-state index is 13.7. The van der Waals surface area contributed by atoms with Crippen molar-refractivity contribution in [1.82, 2.24) is 0 Å². The molecule has 0 bridgehead atoms. The Kier molecular flexibility index (Phi) is 3.25. The number of anilines is 1. The minimum absolute atomic E-state index is 0.0919. The third-order valence-corrected chi connectivity index (χ3v) is 3.63. The zero-order valence-electron chi connectivity index (χ0n) is 11.2. The smallest absolute Gasteiger partial charge is 0.338 e. The molecule has 0 saturated heterocycles. The molecule has 0 saturated carbocycles. The number of carboxylic acids is 1. The molecule has 0 amide bonds. The van der Waals surface area contributed by atoms with Crippen molar-refractivity contribution < 1.29 is 19.0 Å². The molecule has 0 spiro atoms. The van der Waals surface area contributed by atoms with Gasteiger partial charge >= 0.3 is 5.97 Å². The van der Waals surface area contributed by atoms with E-state index in [4.69, 9.17) is 15.6 Å². The van der Waals surface area contributed by atoms with Gasteiger partial charge in [0.1, 0.15) is 11.6 Å². The van der Waals surface area contributed by atoms with Gasteiger partial charge in [-0.25, -0.2) is 9.18 Å². The molecule has 0 radical (unpaired) electrons. The van der Waals surface area contributed by atoms with Crippen molar-refractivity contribution >= 4 is 11.7 Å². The summed E-state index contributed by atoms with van der Waals surface area (Å²) < 4.78 is 19.3. The molecule has 21 heavy (non-hydrogen) atoms. The van der Waals surface area contributed by atoms with E-state index in [2.05, 4.69) is 0 Å². The highest BCUT2D eigenvalue weighted by Gasteiger charge is 2.16. The first-order valence-electron chi connectivity index (χ1n) is 6.66. The van der Waals surface area contributed by atoms with Crippen LogP contribution in [0.15, 0.2) is 30.3 Å². The maximum Gasteiger partial charge on any atom is 0.338 e. The number of aromatic carboxylic acids is 1. The fraction of sp³-hybridized carbons (Fsp3) is 0.188. The minimum atomic E-state index is -1.36. The average molecular weight is 287 g/mol. The molecule has 108 valence electrons. The molecule has 0 atom stereocenters. The van der Waals surface area contributed by atoms with E-state index in [1.54, 1.807) is 0 Å². The number of rotatable bonds is 3. The van der Waals surface area contributed by atoms with E-state index in [-0.39, 0.29) is 11.4 Å². The molecule has 2 aromatic rings. The molecule has 4 nitrogen and oxygen atoms in total. The Bertz CT molecular complexity index is 728. The van der Waals surface area contributed by atoms with Gasteiger partial charge in [-0.05, 0) is 48.6 Å². The van der Waals surface area contributed by atoms with E-state index in [0.29, 0.717) is 5.75 Å². The SMILES string of the molecule is Nc1cc(C(=O)O)c(F)cc1Oc1ccc2c(c1)CCC2. The summed E-state index contributed by atoms with van der Waals surface area (Å²) in [6.07, 6.45) is 3.21. The third kappa shape index (κ3) is 2.54. The molecule has 5 heteroatoms. The molecular weight excluding hydrogens is 273 g/mol. The molecule has 3 rings (SSSR count). The topological polar surface area (TPSA) is 72.6 Å². The second-order valence-electron chi connectivity index (χ2n) is 5.06. The van der Waals surface area contributed by atoms with Gasteiger partial charge in [-0.1, -0.05) is 6.07 Å². The summed E-state index contributed by atoms with van der Waals surface area (Å²) >= 11 is 0. The molecule has 0 aromatic heterocycles. The largest absolute Gasteiger partial charge is 0.478 e. The number of halogens is 1. The van der Waals surface area contributed by atoms with Gasteiger partial charge in [0.15, 0.2) is 5.75 Å². The lowest BCUT2D eigenvalue weighted by Gasteiger charge is -2.11. The van der Waals surface area contributed by atoms with Crippen LogP contribution in [-0.4, -0.2) is 11.1 Å². The number of nitrogen functional groups attached to an aromatic ring is 1. The van der Waals surface area contributed by atoms with Crippen LogP contribution < -0.4 is 10.5 Å². The highest BCUT2D eigenvalue weighted by atomic mass is 19.1. The Morgan fingerprint density at radius 2 is 1.95 bits per heavy atom. The van der Waals surface area contributed by atoms with Crippen molar-refractivity contribution in [3.63, 3.8) is 0 Å². The summed E-state index contributed by atoms with van der Waals surface area (Å²) in [7, 11) is 0. The number of carboxylic acid groups (broad SMARTS) is 1. The predicted octanol–water partition coefficient (Wildman–Crippen LogP) is 3.39. The molecule has 1 aliphatic rings. The van der Waals surface area contributed by atoms with E-state index in [1.165, 1.54) is 11.1 Å². The molecule has 0 fully saturated rings. The standard InChI is InChI=1S/C16H14FNO3/c17-13-8-15(14(18)7-12(13)16(19)20)21-11-5-4-9-2-1-3-10(9)6-11/h4-8H,1-3,18H2,(H,19,20). The number of aryl methyl sites for hydroxylation is 2. The Morgan fingerprint density at radius 1 is 1.19 bits per heavy atom. The van der Waals surface area contributed by atoms with Gasteiger partial charge in [-0.15, -0.1) is 0 Å². The number of nitrogens with two attached hydrogens (primary N) is 1. The Balaban J connectivity index is 1.91. The van der Waals surface area contributed by atoms with Gasteiger partial charge < -0.3 is 15.6 Å². The molecule has 3 N–H and O–H groups in total. The van der Waals surface area contributed by atoms with Crippen molar-refractivity contribution in [2.45, 2.75) is 19.3 Å². The van der Waals surface area contributed by atoms with Crippen molar-refractivity contribution in [3.8, 4) is 11.5 Å². The van der Waals surface area contributed by atoms with E-state index in [1.807, 2.05) is 18.2 Å². The molecule has 1 aliphatic carbocycles. The molecule has 0 heterocycles. The van der Waals surface area contributed by atoms with Crippen LogP contribution in [0.25, 0.3) is 0 Å². The number of hydrogen-bond acceptors (Lipinski definition) is 3. The summed E-state index contributed by atoms with van der Waals surface area (Å²) in [4.78, 5) is 10.8. The fourth-order valence-corrected chi connectivity index (χ4v) is 2.56. The van der Waals surface area contributed by atoms with Gasteiger partial charge in [-0.3, -0.25) is 0 Å². The van der Waals surface area contributed by atoms with Gasteiger partial charge in [0.2, 0.25) is 0 Å². The highest BCUT2D eigenvalue weighted by molar-refractivity contribution is 5.89. The first kappa shape index (κ1) is 13.4. The lowest BCUT2D eigenvalue weighted by molar-refractivity contribution is 0.0692. The Labute approximate surface area is 121 Å². The van der Waals surface area contributed by atoms with Crippen LogP contribution in [0.5, 0.6) is 11.5 Å². The molecular formula is C16H14FNO3. The van der Waals surface area contributed by atoms with Crippen molar-refractivity contribution in [2.24, 2.45) is 0 Å². The quantitative estimate of drug-likeness (QED) is 0.849. The second kappa shape index (κ2) is 5.09. The number of carbonyl (C=O) groups is 1. The van der Waals surface area contributed by atoms with Gasteiger partial charge in [0, 0.05) is 6.07 Å². The van der Waals surface area contributed by atoms with Gasteiger partial charge in [0.05, 0.1) is 11.3 Å². The monoisotopic (exact) mass is 287 g/mol. The number of fused-ring (bicyclic) bond motifs is 1. The van der Waals surface area contributed by atoms with E-state index in [0.717, 1.165) is 31.4 Å². The van der Waals surface area contributed by atoms with Crippen LogP contribution in [0.1, 0.15) is 27.9 Å². The zero-order valence-corrected chi connectivity index (χ0v) is 11.2. The minimum Gasteiger partial charge on any atom is -0.478 e. The Hall–Kier alpha value is -2.56. The van der Waals surface area contributed by atoms with Crippen LogP contribution in [-0.2, 0) is 12.8 Å². The van der Waals surface area contributed by atoms with E-state index >= 15 is 0 Å².